The van der Waals surface area contributed by atoms with Gasteiger partial charge in [-0.1, -0.05) is 12.1 Å². The van der Waals surface area contributed by atoms with Crippen molar-refractivity contribution in [3.8, 4) is 0 Å². The van der Waals surface area contributed by atoms with E-state index in [9.17, 15) is 17.6 Å². The van der Waals surface area contributed by atoms with Gasteiger partial charge in [-0.25, -0.2) is 17.6 Å². The molecule has 0 saturated carbocycles. The molecule has 0 aliphatic carbocycles. The van der Waals surface area contributed by atoms with E-state index in [0.29, 0.717) is 5.56 Å². The molecule has 0 radical (unpaired) electrons. The van der Waals surface area contributed by atoms with Gasteiger partial charge < -0.3 is 10.1 Å². The number of rotatable bonds is 4. The summed E-state index contributed by atoms with van der Waals surface area (Å²) in [5, 5.41) is 8.74. The molecule has 0 amide bonds. The van der Waals surface area contributed by atoms with Crippen LogP contribution in [0.15, 0.2) is 35.4 Å². The number of nitrogens with one attached hydrogen (secondary N) is 2. The summed E-state index contributed by atoms with van der Waals surface area (Å²) < 4.78 is 39.8. The van der Waals surface area contributed by atoms with Crippen molar-refractivity contribution in [2.75, 3.05) is 4.72 Å². The molecule has 6 nitrogen and oxygen atoms in total. The van der Waals surface area contributed by atoms with Crippen LogP contribution in [0, 0.1) is 12.7 Å². The Balaban J connectivity index is 2.38. The highest BCUT2D eigenvalue weighted by molar-refractivity contribution is 7.92. The maximum Gasteiger partial charge on any atom is 0.352 e. The first-order chi connectivity index (χ1) is 9.31. The molecule has 20 heavy (non-hydrogen) atoms. The zero-order valence-electron chi connectivity index (χ0n) is 10.3. The molecule has 106 valence electrons. The summed E-state index contributed by atoms with van der Waals surface area (Å²) in [6, 6.07) is 5.10. The minimum Gasteiger partial charge on any atom is -0.477 e. The average Bonchev–Trinajstić information content (AvgIpc) is 2.84. The standard InChI is InChI=1S/C12H11FN2O4S/c1-7-3-2-4-9(13)11(7)15-20(18,19)8-5-10(12(16)17)14-6-8/h2-6,14-15H,1H3,(H,16,17). The summed E-state index contributed by atoms with van der Waals surface area (Å²) in [6.45, 7) is 1.56. The van der Waals surface area contributed by atoms with Crippen molar-refractivity contribution in [2.24, 2.45) is 0 Å². The van der Waals surface area contributed by atoms with Crippen LogP contribution in [0.5, 0.6) is 0 Å². The number of carboxylic acid groups (broad SMARTS) is 1. The molecule has 1 heterocycles. The Hall–Kier alpha value is -2.35. The first kappa shape index (κ1) is 14.1. The first-order valence-electron chi connectivity index (χ1n) is 5.51. The molecule has 0 unspecified atom stereocenters. The number of halogens is 1. The van der Waals surface area contributed by atoms with E-state index in [0.717, 1.165) is 18.3 Å². The molecule has 0 bridgehead atoms. The van der Waals surface area contributed by atoms with E-state index >= 15 is 0 Å². The quantitative estimate of drug-likeness (QED) is 0.803. The molecule has 0 aliphatic rings. The topological polar surface area (TPSA) is 99.3 Å². The third kappa shape index (κ3) is 2.64. The predicted molar refractivity (Wildman–Crippen MR) is 69.7 cm³/mol. The van der Waals surface area contributed by atoms with E-state index < -0.39 is 21.8 Å². The number of H-pyrrole nitrogens is 1. The molecule has 3 N–H and O–H groups in total. The van der Waals surface area contributed by atoms with Crippen LogP contribution in [0.25, 0.3) is 0 Å². The van der Waals surface area contributed by atoms with Crippen LogP contribution >= 0.6 is 0 Å². The zero-order chi connectivity index (χ0) is 14.9. The second kappa shape index (κ2) is 4.97. The summed E-state index contributed by atoms with van der Waals surface area (Å²) >= 11 is 0. The van der Waals surface area contributed by atoms with Crippen molar-refractivity contribution in [3.63, 3.8) is 0 Å². The molecule has 0 atom stereocenters. The Morgan fingerprint density at radius 2 is 2.10 bits per heavy atom. The number of aromatic amines is 1. The number of aromatic carboxylic acids is 1. The monoisotopic (exact) mass is 298 g/mol. The fourth-order valence-corrected chi connectivity index (χ4v) is 2.74. The van der Waals surface area contributed by atoms with Crippen molar-refractivity contribution in [2.45, 2.75) is 11.8 Å². The van der Waals surface area contributed by atoms with Crippen LogP contribution in [0.2, 0.25) is 0 Å². The van der Waals surface area contributed by atoms with E-state index in [1.807, 2.05) is 0 Å². The van der Waals surface area contributed by atoms with Crippen LogP contribution in [0.4, 0.5) is 10.1 Å². The van der Waals surface area contributed by atoms with Gasteiger partial charge in [0.2, 0.25) is 0 Å². The average molecular weight is 298 g/mol. The van der Waals surface area contributed by atoms with E-state index in [2.05, 4.69) is 9.71 Å². The molecule has 0 fully saturated rings. The molecule has 0 aliphatic heterocycles. The van der Waals surface area contributed by atoms with Crippen molar-refractivity contribution in [1.82, 2.24) is 4.98 Å². The summed E-state index contributed by atoms with van der Waals surface area (Å²) in [7, 11) is -4.06. The fourth-order valence-electron chi connectivity index (χ4n) is 1.61. The van der Waals surface area contributed by atoms with E-state index in [4.69, 9.17) is 5.11 Å². The minimum absolute atomic E-state index is 0.162. The second-order valence-electron chi connectivity index (χ2n) is 4.09. The van der Waals surface area contributed by atoms with Gasteiger partial charge in [0, 0.05) is 6.20 Å². The van der Waals surface area contributed by atoms with Crippen molar-refractivity contribution in [3.05, 3.63) is 47.5 Å². The summed E-state index contributed by atoms with van der Waals surface area (Å²) in [5.74, 6) is -1.99. The number of aromatic nitrogens is 1. The molecule has 0 spiro atoms. The van der Waals surface area contributed by atoms with Crippen molar-refractivity contribution in [1.29, 1.82) is 0 Å². The molecular formula is C12H11FN2O4S. The van der Waals surface area contributed by atoms with Crippen molar-refractivity contribution >= 4 is 21.7 Å². The van der Waals surface area contributed by atoms with Gasteiger partial charge in [-0.2, -0.15) is 0 Å². The van der Waals surface area contributed by atoms with Gasteiger partial charge in [0.25, 0.3) is 10.0 Å². The molecule has 8 heteroatoms. The highest BCUT2D eigenvalue weighted by Gasteiger charge is 2.20. The Bertz CT molecular complexity index is 747. The van der Waals surface area contributed by atoms with Gasteiger partial charge in [0.05, 0.1) is 5.69 Å². The maximum atomic E-state index is 13.6. The van der Waals surface area contributed by atoms with Crippen molar-refractivity contribution < 1.29 is 22.7 Å². The van der Waals surface area contributed by atoms with Crippen LogP contribution in [0.1, 0.15) is 16.1 Å². The molecule has 1 aromatic carbocycles. The number of carbonyl (C=O) groups is 1. The van der Waals surface area contributed by atoms with Gasteiger partial charge >= 0.3 is 5.97 Å². The molecule has 2 aromatic rings. The van der Waals surface area contributed by atoms with E-state index in [1.165, 1.54) is 6.07 Å². The van der Waals surface area contributed by atoms with Crippen LogP contribution in [0.3, 0.4) is 0 Å². The third-order valence-electron chi connectivity index (χ3n) is 2.66. The SMILES string of the molecule is Cc1cccc(F)c1NS(=O)(=O)c1c[nH]c(C(=O)O)c1. The lowest BCUT2D eigenvalue weighted by Gasteiger charge is -2.10. The summed E-state index contributed by atoms with van der Waals surface area (Å²) in [4.78, 5) is 12.7. The van der Waals surface area contributed by atoms with E-state index in [1.54, 1.807) is 13.0 Å². The predicted octanol–water partition coefficient (Wildman–Crippen LogP) is 1.96. The molecule has 0 saturated heterocycles. The van der Waals surface area contributed by atoms with Crippen LogP contribution in [-0.2, 0) is 10.0 Å². The molecular weight excluding hydrogens is 287 g/mol. The van der Waals surface area contributed by atoms with Crippen LogP contribution < -0.4 is 4.72 Å². The zero-order valence-corrected chi connectivity index (χ0v) is 11.2. The molecule has 2 rings (SSSR count). The lowest BCUT2D eigenvalue weighted by atomic mass is 10.2. The van der Waals surface area contributed by atoms with Gasteiger partial charge in [-0.05, 0) is 24.6 Å². The highest BCUT2D eigenvalue weighted by atomic mass is 32.2. The molecule has 1 aromatic heterocycles. The smallest absolute Gasteiger partial charge is 0.352 e. The van der Waals surface area contributed by atoms with Gasteiger partial charge in [-0.3, -0.25) is 4.72 Å². The van der Waals surface area contributed by atoms with Gasteiger partial charge in [-0.15, -0.1) is 0 Å². The Morgan fingerprint density at radius 1 is 1.40 bits per heavy atom. The Kier molecular flexibility index (Phi) is 3.49. The fraction of sp³-hybridized carbons (Fsp3) is 0.0833. The number of benzene rings is 1. The maximum absolute atomic E-state index is 13.6. The Morgan fingerprint density at radius 3 is 2.65 bits per heavy atom. The number of hydrogen-bond acceptors (Lipinski definition) is 3. The number of anilines is 1. The Labute approximate surface area is 114 Å². The summed E-state index contributed by atoms with van der Waals surface area (Å²) in [6.07, 6.45) is 1.03. The number of para-hydroxylation sites is 1. The van der Waals surface area contributed by atoms with Gasteiger partial charge in [0.15, 0.2) is 0 Å². The largest absolute Gasteiger partial charge is 0.477 e. The number of aryl methyl sites for hydroxylation is 1. The first-order valence-corrected chi connectivity index (χ1v) is 6.99. The minimum atomic E-state index is -4.06. The highest BCUT2D eigenvalue weighted by Crippen LogP contribution is 2.23. The van der Waals surface area contributed by atoms with Crippen LogP contribution in [-0.4, -0.2) is 24.5 Å². The third-order valence-corrected chi connectivity index (χ3v) is 3.98. The number of carboxylic acids is 1. The van der Waals surface area contributed by atoms with E-state index in [-0.39, 0.29) is 16.3 Å². The second-order valence-corrected chi connectivity index (χ2v) is 5.77. The van der Waals surface area contributed by atoms with Gasteiger partial charge in [0.1, 0.15) is 16.4 Å². The lowest BCUT2D eigenvalue weighted by molar-refractivity contribution is 0.0691. The lowest BCUT2D eigenvalue weighted by Crippen LogP contribution is -2.14. The normalized spacial score (nSPS) is 11.3. The number of hydrogen-bond donors (Lipinski definition) is 3. The summed E-state index contributed by atoms with van der Waals surface area (Å²) in [5.41, 5.74) is -0.0104. The number of sulfonamides is 1.